The van der Waals surface area contributed by atoms with Crippen molar-refractivity contribution in [2.45, 2.75) is 46.2 Å². The summed E-state index contributed by atoms with van der Waals surface area (Å²) < 4.78 is 1.63. The Bertz CT molecular complexity index is 657. The van der Waals surface area contributed by atoms with Crippen molar-refractivity contribution in [3.8, 4) is 0 Å². The first-order valence-electron chi connectivity index (χ1n) is 6.91. The second-order valence-corrected chi connectivity index (χ2v) is 6.25. The summed E-state index contributed by atoms with van der Waals surface area (Å²) in [6.45, 7) is 9.64. The van der Waals surface area contributed by atoms with E-state index in [2.05, 4.69) is 20.4 Å². The molecule has 1 atom stereocenters. The van der Waals surface area contributed by atoms with Gasteiger partial charge in [0.15, 0.2) is 0 Å². The van der Waals surface area contributed by atoms with E-state index >= 15 is 0 Å². The van der Waals surface area contributed by atoms with Gasteiger partial charge in [-0.05, 0) is 34.6 Å². The van der Waals surface area contributed by atoms with Crippen LogP contribution in [0.3, 0.4) is 0 Å². The third-order valence-corrected chi connectivity index (χ3v) is 3.18. The van der Waals surface area contributed by atoms with E-state index in [1.54, 1.807) is 4.52 Å². The number of nitrogens with zero attached hydrogens (tertiary/aromatic N) is 5. The number of nitrogens with one attached hydrogen (secondary N) is 1. The van der Waals surface area contributed by atoms with E-state index in [0.29, 0.717) is 5.78 Å². The van der Waals surface area contributed by atoms with Crippen LogP contribution in [0.1, 0.15) is 33.4 Å². The zero-order valence-electron chi connectivity index (χ0n) is 13.4. The molecule has 0 spiro atoms. The summed E-state index contributed by atoms with van der Waals surface area (Å²) in [7, 11) is 1.86. The average Bonchev–Trinajstić information content (AvgIpc) is 2.81. The molecule has 2 aromatic heterocycles. The number of hydrogen-bond donors (Lipinski definition) is 1. The molecule has 0 fully saturated rings. The summed E-state index contributed by atoms with van der Waals surface area (Å²) in [4.78, 5) is 22.6. The summed E-state index contributed by atoms with van der Waals surface area (Å²) in [5.74, 6) is 1.28. The Morgan fingerprint density at radius 1 is 1.43 bits per heavy atom. The van der Waals surface area contributed by atoms with Gasteiger partial charge in [0.25, 0.3) is 5.78 Å². The number of fused-ring (bicyclic) bond motifs is 1. The molecule has 0 bridgehead atoms. The highest BCUT2D eigenvalue weighted by Gasteiger charge is 2.24. The molecule has 21 heavy (non-hydrogen) atoms. The summed E-state index contributed by atoms with van der Waals surface area (Å²) in [5.41, 5.74) is 0.573. The number of amides is 1. The van der Waals surface area contributed by atoms with Gasteiger partial charge >= 0.3 is 0 Å². The zero-order valence-corrected chi connectivity index (χ0v) is 13.4. The van der Waals surface area contributed by atoms with Crippen LogP contribution in [0.2, 0.25) is 0 Å². The maximum absolute atomic E-state index is 12.3. The third-order valence-electron chi connectivity index (χ3n) is 3.18. The first-order valence-corrected chi connectivity index (χ1v) is 6.91. The molecule has 2 heterocycles. The second kappa shape index (κ2) is 5.31. The number of likely N-dealkylation sites (N-methyl/N-ethyl adjacent to an activating group) is 1. The predicted molar refractivity (Wildman–Crippen MR) is 81.3 cm³/mol. The predicted octanol–water partition coefficient (Wildman–Crippen LogP) is 1.17. The van der Waals surface area contributed by atoms with Crippen LogP contribution in [0.4, 0.5) is 5.82 Å². The Labute approximate surface area is 124 Å². The smallest absolute Gasteiger partial charge is 0.254 e. The van der Waals surface area contributed by atoms with Crippen LogP contribution >= 0.6 is 0 Å². The minimum Gasteiger partial charge on any atom is -0.350 e. The Morgan fingerprint density at radius 2 is 2.10 bits per heavy atom. The van der Waals surface area contributed by atoms with Crippen molar-refractivity contribution in [3.63, 3.8) is 0 Å². The zero-order chi connectivity index (χ0) is 15.8. The molecular weight excluding hydrogens is 268 g/mol. The lowest BCUT2D eigenvalue weighted by Crippen LogP contribution is -2.50. The van der Waals surface area contributed by atoms with Gasteiger partial charge in [0.1, 0.15) is 18.2 Å². The molecule has 7 nitrogen and oxygen atoms in total. The maximum atomic E-state index is 12.3. The SMILES string of the molecule is Cc1cc(N(C)C(C)C(=O)NC(C)(C)C)n2ncnc2n1. The van der Waals surface area contributed by atoms with Gasteiger partial charge in [-0.25, -0.2) is 4.98 Å². The first kappa shape index (κ1) is 15.2. The molecule has 0 saturated carbocycles. The lowest BCUT2D eigenvalue weighted by atomic mass is 10.1. The molecule has 2 aromatic rings. The lowest BCUT2D eigenvalue weighted by molar-refractivity contribution is -0.123. The van der Waals surface area contributed by atoms with Crippen molar-refractivity contribution >= 4 is 17.5 Å². The molecule has 1 amide bonds. The minimum atomic E-state index is -0.335. The number of hydrogen-bond acceptors (Lipinski definition) is 5. The van der Waals surface area contributed by atoms with Crippen LogP contribution in [-0.4, -0.2) is 44.1 Å². The third kappa shape index (κ3) is 3.29. The summed E-state index contributed by atoms with van der Waals surface area (Å²) in [6, 6.07) is 1.56. The van der Waals surface area contributed by atoms with E-state index < -0.39 is 0 Å². The molecule has 0 aliphatic carbocycles. The number of carbonyl (C=O) groups is 1. The number of rotatable bonds is 3. The molecule has 114 valence electrons. The summed E-state index contributed by atoms with van der Waals surface area (Å²) in [6.07, 6.45) is 1.46. The van der Waals surface area contributed by atoms with E-state index in [-0.39, 0.29) is 17.5 Å². The van der Waals surface area contributed by atoms with Crippen LogP contribution in [0, 0.1) is 6.92 Å². The average molecular weight is 290 g/mol. The second-order valence-electron chi connectivity index (χ2n) is 6.25. The standard InChI is InChI=1S/C14H22N6O/c1-9-7-11(20-13(17-9)15-8-16-20)19(6)10(2)12(21)18-14(3,4)5/h7-8,10H,1-6H3,(H,18,21). The molecule has 0 radical (unpaired) electrons. The van der Waals surface area contributed by atoms with E-state index in [1.807, 2.05) is 52.6 Å². The molecule has 1 unspecified atom stereocenters. The molecule has 7 heteroatoms. The van der Waals surface area contributed by atoms with Crippen molar-refractivity contribution in [1.29, 1.82) is 0 Å². The van der Waals surface area contributed by atoms with Gasteiger partial charge in [-0.2, -0.15) is 14.6 Å². The number of carbonyl (C=O) groups excluding carboxylic acids is 1. The van der Waals surface area contributed by atoms with Gasteiger partial charge < -0.3 is 10.2 Å². The van der Waals surface area contributed by atoms with Gasteiger partial charge in [0.2, 0.25) is 5.91 Å². The summed E-state index contributed by atoms with van der Waals surface area (Å²) in [5, 5.41) is 7.15. The first-order chi connectivity index (χ1) is 9.69. The van der Waals surface area contributed by atoms with Crippen molar-refractivity contribution in [2.24, 2.45) is 0 Å². The topological polar surface area (TPSA) is 75.4 Å². The van der Waals surface area contributed by atoms with Crippen LogP contribution in [0.25, 0.3) is 5.78 Å². The Kier molecular flexibility index (Phi) is 3.85. The minimum absolute atomic E-state index is 0.0345. The number of anilines is 1. The van der Waals surface area contributed by atoms with Crippen molar-refractivity contribution < 1.29 is 4.79 Å². The number of aryl methyl sites for hydroxylation is 1. The molecule has 2 rings (SSSR count). The maximum Gasteiger partial charge on any atom is 0.254 e. The molecule has 0 aliphatic rings. The quantitative estimate of drug-likeness (QED) is 0.918. The van der Waals surface area contributed by atoms with Crippen molar-refractivity contribution in [1.82, 2.24) is 24.9 Å². The van der Waals surface area contributed by atoms with Crippen LogP contribution < -0.4 is 10.2 Å². The highest BCUT2D eigenvalue weighted by molar-refractivity contribution is 5.85. The Balaban J connectivity index is 2.31. The molecule has 0 saturated heterocycles. The van der Waals surface area contributed by atoms with Gasteiger partial charge in [0.05, 0.1) is 0 Å². The molecule has 1 N–H and O–H groups in total. The van der Waals surface area contributed by atoms with E-state index in [0.717, 1.165) is 11.5 Å². The summed E-state index contributed by atoms with van der Waals surface area (Å²) >= 11 is 0. The fourth-order valence-electron chi connectivity index (χ4n) is 2.01. The lowest BCUT2D eigenvalue weighted by Gasteiger charge is -2.29. The Morgan fingerprint density at radius 3 is 2.71 bits per heavy atom. The van der Waals surface area contributed by atoms with Crippen LogP contribution in [0.15, 0.2) is 12.4 Å². The monoisotopic (exact) mass is 290 g/mol. The highest BCUT2D eigenvalue weighted by Crippen LogP contribution is 2.17. The van der Waals surface area contributed by atoms with E-state index in [4.69, 9.17) is 0 Å². The van der Waals surface area contributed by atoms with Crippen molar-refractivity contribution in [3.05, 3.63) is 18.1 Å². The molecule has 0 aromatic carbocycles. The van der Waals surface area contributed by atoms with E-state index in [9.17, 15) is 4.79 Å². The normalized spacial score (nSPS) is 13.2. The van der Waals surface area contributed by atoms with Crippen LogP contribution in [-0.2, 0) is 4.79 Å². The van der Waals surface area contributed by atoms with Gasteiger partial charge in [0, 0.05) is 24.3 Å². The highest BCUT2D eigenvalue weighted by atomic mass is 16.2. The van der Waals surface area contributed by atoms with Crippen LogP contribution in [0.5, 0.6) is 0 Å². The largest absolute Gasteiger partial charge is 0.350 e. The molecule has 0 aliphatic heterocycles. The van der Waals surface area contributed by atoms with Gasteiger partial charge in [-0.3, -0.25) is 4.79 Å². The fourth-order valence-corrected chi connectivity index (χ4v) is 2.01. The Hall–Kier alpha value is -2.18. The molecular formula is C14H22N6O. The number of aromatic nitrogens is 4. The fraction of sp³-hybridized carbons (Fsp3) is 0.571. The van der Waals surface area contributed by atoms with Gasteiger partial charge in [-0.15, -0.1) is 0 Å². The van der Waals surface area contributed by atoms with Crippen molar-refractivity contribution in [2.75, 3.05) is 11.9 Å². The van der Waals surface area contributed by atoms with E-state index in [1.165, 1.54) is 6.33 Å². The van der Waals surface area contributed by atoms with Gasteiger partial charge in [-0.1, -0.05) is 0 Å².